The third-order valence-electron chi connectivity index (χ3n) is 14.7. The minimum atomic E-state index is -0.602. The van der Waals surface area contributed by atoms with Crippen LogP contribution < -0.4 is 9.80 Å². The van der Waals surface area contributed by atoms with Gasteiger partial charge in [-0.25, -0.2) is 0 Å². The van der Waals surface area contributed by atoms with E-state index in [0.29, 0.717) is 0 Å². The fourth-order valence-corrected chi connectivity index (χ4v) is 11.6. The molecule has 2 heterocycles. The molecule has 11 aromatic carbocycles. The second-order valence-corrected chi connectivity index (χ2v) is 18.4. The second-order valence-electron chi connectivity index (χ2n) is 18.4. The Morgan fingerprint density at radius 3 is 1.64 bits per heavy atom. The van der Waals surface area contributed by atoms with Gasteiger partial charge in [-0.2, -0.15) is 0 Å². The summed E-state index contributed by atoms with van der Waals surface area (Å²) in [7, 11) is 0. The Hall–Kier alpha value is -9.18. The van der Waals surface area contributed by atoms with E-state index in [1.807, 2.05) is 12.1 Å². The summed E-state index contributed by atoms with van der Waals surface area (Å²) in [6.07, 6.45) is 0. The van der Waals surface area contributed by atoms with Crippen molar-refractivity contribution in [3.05, 3.63) is 289 Å². The van der Waals surface area contributed by atoms with Crippen molar-refractivity contribution in [2.45, 2.75) is 5.41 Å². The van der Waals surface area contributed by atoms with Crippen LogP contribution in [0.3, 0.4) is 0 Å². The lowest BCUT2D eigenvalue weighted by atomic mass is 9.64. The lowest BCUT2D eigenvalue weighted by Crippen LogP contribution is -2.36. The highest BCUT2D eigenvalue weighted by Gasteiger charge is 2.51. The van der Waals surface area contributed by atoms with Crippen molar-refractivity contribution in [3.8, 4) is 44.5 Å². The average Bonchev–Trinajstić information content (AvgIpc) is 3.96. The highest BCUT2D eigenvalue weighted by molar-refractivity contribution is 6.06. The Morgan fingerprint density at radius 2 is 0.857 bits per heavy atom. The van der Waals surface area contributed by atoms with Crippen molar-refractivity contribution >= 4 is 56.1 Å². The first-order valence-electron chi connectivity index (χ1n) is 24.1. The van der Waals surface area contributed by atoms with Gasteiger partial charge in [0.15, 0.2) is 0 Å². The quantitative estimate of drug-likeness (QED) is 0.159. The second kappa shape index (κ2) is 16.0. The molecule has 3 nitrogen and oxygen atoms in total. The van der Waals surface area contributed by atoms with Crippen LogP contribution in [0.15, 0.2) is 271 Å². The van der Waals surface area contributed by atoms with E-state index in [1.54, 1.807) is 0 Å². The molecular formula is C67H44N2O. The Morgan fingerprint density at radius 1 is 0.314 bits per heavy atom. The SMILES string of the molecule is c1ccc(-c2cccc(-c3ccccc3N(c3ccc(-c4ccc5oc6ccccc6c5c4)cc3)c3ccc4c(c3)C3(c5ccccc5-4)c4ccccc4N(c4ccccc4)c4ccccc43)c2)cc1. The van der Waals surface area contributed by atoms with E-state index in [0.717, 1.165) is 66.9 Å². The van der Waals surface area contributed by atoms with Crippen LogP contribution in [0, 0.1) is 0 Å². The maximum Gasteiger partial charge on any atom is 0.135 e. The molecule has 0 unspecified atom stereocenters. The summed E-state index contributed by atoms with van der Waals surface area (Å²) < 4.78 is 6.22. The van der Waals surface area contributed by atoms with E-state index < -0.39 is 5.41 Å². The molecule has 1 aliphatic heterocycles. The molecule has 70 heavy (non-hydrogen) atoms. The lowest BCUT2D eigenvalue weighted by molar-refractivity contribution is 0.669. The fourth-order valence-electron chi connectivity index (χ4n) is 11.6. The predicted molar refractivity (Wildman–Crippen MR) is 290 cm³/mol. The summed E-state index contributed by atoms with van der Waals surface area (Å²) in [6, 6.07) is 97.5. The van der Waals surface area contributed by atoms with Crippen LogP contribution in [-0.2, 0) is 5.41 Å². The number of anilines is 6. The third kappa shape index (κ3) is 6.08. The third-order valence-corrected chi connectivity index (χ3v) is 14.7. The van der Waals surface area contributed by atoms with E-state index in [9.17, 15) is 0 Å². The van der Waals surface area contributed by atoms with Gasteiger partial charge >= 0.3 is 0 Å². The number of benzene rings is 11. The fraction of sp³-hybridized carbons (Fsp3) is 0.0149. The molecule has 1 aliphatic carbocycles. The first kappa shape index (κ1) is 39.9. The number of rotatable bonds is 7. The topological polar surface area (TPSA) is 19.6 Å². The summed E-state index contributed by atoms with van der Waals surface area (Å²) in [5.74, 6) is 0. The van der Waals surface area contributed by atoms with Gasteiger partial charge in [0, 0.05) is 33.4 Å². The van der Waals surface area contributed by atoms with Crippen molar-refractivity contribution in [2.24, 2.45) is 0 Å². The highest BCUT2D eigenvalue weighted by atomic mass is 16.3. The molecule has 14 rings (SSSR count). The molecule has 0 atom stereocenters. The predicted octanol–water partition coefficient (Wildman–Crippen LogP) is 18.2. The van der Waals surface area contributed by atoms with Gasteiger partial charge in [0.05, 0.1) is 22.5 Å². The first-order valence-corrected chi connectivity index (χ1v) is 24.1. The number of hydrogen-bond donors (Lipinski definition) is 0. The molecule has 2 aliphatic rings. The minimum Gasteiger partial charge on any atom is -0.456 e. The van der Waals surface area contributed by atoms with E-state index in [4.69, 9.17) is 4.42 Å². The van der Waals surface area contributed by atoms with Gasteiger partial charge in [-0.1, -0.05) is 188 Å². The zero-order valence-electron chi connectivity index (χ0n) is 38.2. The molecule has 3 heteroatoms. The van der Waals surface area contributed by atoms with Crippen LogP contribution in [-0.4, -0.2) is 0 Å². The van der Waals surface area contributed by atoms with Crippen LogP contribution in [0.25, 0.3) is 66.4 Å². The molecule has 0 N–H and O–H groups in total. The van der Waals surface area contributed by atoms with Crippen molar-refractivity contribution in [1.82, 2.24) is 0 Å². The number of para-hydroxylation sites is 5. The first-order chi connectivity index (χ1) is 34.7. The summed E-state index contributed by atoms with van der Waals surface area (Å²) >= 11 is 0. The van der Waals surface area contributed by atoms with Crippen LogP contribution in [0.2, 0.25) is 0 Å². The van der Waals surface area contributed by atoms with E-state index in [2.05, 4.69) is 265 Å². The Kier molecular flexibility index (Phi) is 9.11. The standard InChI is InChI=1S/C67H44N2O/c1-3-18-45(19-4-1)47-20-17-21-49(42-47)53-24-8-13-30-62(53)68(51-37-34-46(35-38-51)48-36-41-66-57(43-48)56-26-9-16-33-65(56)70-66)52-39-40-55-54-25-7-10-27-58(54)67(61(55)44-52)59-28-11-14-31-63(59)69(50-22-5-2-6-23-50)64-32-15-12-29-60(64)67/h1-44H. The van der Waals surface area contributed by atoms with Crippen molar-refractivity contribution in [1.29, 1.82) is 0 Å². The minimum absolute atomic E-state index is 0.602. The lowest BCUT2D eigenvalue weighted by Gasteiger charge is -2.45. The average molecular weight is 893 g/mol. The summed E-state index contributed by atoms with van der Waals surface area (Å²) in [5, 5.41) is 2.25. The van der Waals surface area contributed by atoms with Crippen LogP contribution in [0.1, 0.15) is 22.3 Å². The van der Waals surface area contributed by atoms with Gasteiger partial charge in [-0.3, -0.25) is 0 Å². The normalized spacial score (nSPS) is 12.9. The molecule has 0 saturated heterocycles. The molecule has 0 fully saturated rings. The molecule has 0 bridgehead atoms. The van der Waals surface area contributed by atoms with Crippen LogP contribution in [0.5, 0.6) is 0 Å². The molecule has 0 amide bonds. The zero-order chi connectivity index (χ0) is 46.2. The van der Waals surface area contributed by atoms with Crippen LogP contribution in [0.4, 0.5) is 34.1 Å². The van der Waals surface area contributed by atoms with E-state index in [1.165, 1.54) is 55.9 Å². The van der Waals surface area contributed by atoms with Gasteiger partial charge in [0.25, 0.3) is 0 Å². The molecular weight excluding hydrogens is 849 g/mol. The van der Waals surface area contributed by atoms with Gasteiger partial charge in [-0.15, -0.1) is 0 Å². The summed E-state index contributed by atoms with van der Waals surface area (Å²) in [5.41, 5.74) is 22.5. The highest BCUT2D eigenvalue weighted by Crippen LogP contribution is 2.64. The van der Waals surface area contributed by atoms with E-state index in [-0.39, 0.29) is 0 Å². The van der Waals surface area contributed by atoms with Crippen molar-refractivity contribution in [2.75, 3.05) is 9.80 Å². The summed E-state index contributed by atoms with van der Waals surface area (Å²) in [6.45, 7) is 0. The van der Waals surface area contributed by atoms with Gasteiger partial charge in [-0.05, 0) is 140 Å². The largest absolute Gasteiger partial charge is 0.456 e. The number of fused-ring (bicyclic) bond motifs is 12. The molecule has 0 radical (unpaired) electrons. The van der Waals surface area contributed by atoms with Gasteiger partial charge in [0.2, 0.25) is 0 Å². The summed E-state index contributed by atoms with van der Waals surface area (Å²) in [4.78, 5) is 4.91. The van der Waals surface area contributed by atoms with Crippen molar-refractivity contribution in [3.63, 3.8) is 0 Å². The maximum atomic E-state index is 6.22. The van der Waals surface area contributed by atoms with Gasteiger partial charge in [0.1, 0.15) is 11.2 Å². The smallest absolute Gasteiger partial charge is 0.135 e. The van der Waals surface area contributed by atoms with Crippen LogP contribution >= 0.6 is 0 Å². The molecule has 328 valence electrons. The van der Waals surface area contributed by atoms with Crippen molar-refractivity contribution < 1.29 is 4.42 Å². The Labute approximate surface area is 407 Å². The zero-order valence-corrected chi connectivity index (χ0v) is 38.2. The number of nitrogens with zero attached hydrogens (tertiary/aromatic N) is 2. The molecule has 0 saturated carbocycles. The van der Waals surface area contributed by atoms with E-state index >= 15 is 0 Å². The maximum absolute atomic E-state index is 6.22. The van der Waals surface area contributed by atoms with Gasteiger partial charge < -0.3 is 14.2 Å². The monoisotopic (exact) mass is 892 g/mol. The molecule has 12 aromatic rings. The number of hydrogen-bond acceptors (Lipinski definition) is 3. The molecule has 1 spiro atoms. The Bertz CT molecular complexity index is 3920. The number of furan rings is 1. The molecule has 1 aromatic heterocycles. The Balaban J connectivity index is 0.988.